The summed E-state index contributed by atoms with van der Waals surface area (Å²) >= 11 is 0. The van der Waals surface area contributed by atoms with Crippen LogP contribution in [0.2, 0.25) is 0 Å². The average Bonchev–Trinajstić information content (AvgIpc) is 3.11. The van der Waals surface area contributed by atoms with Crippen molar-refractivity contribution in [3.63, 3.8) is 0 Å². The molecular formula is C29H47NO2. The number of carbonyl (C=O) groups is 1. The van der Waals surface area contributed by atoms with Gasteiger partial charge in [-0.2, -0.15) is 0 Å². The van der Waals surface area contributed by atoms with Crippen LogP contribution in [0, 0.1) is 52.3 Å². The summed E-state index contributed by atoms with van der Waals surface area (Å²) in [6, 6.07) is 0. The van der Waals surface area contributed by atoms with Crippen molar-refractivity contribution in [2.45, 2.75) is 106 Å². The Morgan fingerprint density at radius 1 is 1.09 bits per heavy atom. The molecule has 8 atom stereocenters. The highest BCUT2D eigenvalue weighted by atomic mass is 16.4. The second-order valence-electron chi connectivity index (χ2n) is 12.8. The van der Waals surface area contributed by atoms with Gasteiger partial charge < -0.3 is 5.21 Å². The number of Topliss-reactive ketones (excluding diaryl/α,β-unsaturated/α-hetero) is 1. The Bertz CT molecular complexity index is 782. The van der Waals surface area contributed by atoms with Crippen LogP contribution in [0.3, 0.4) is 0 Å². The Hall–Kier alpha value is -1.12. The van der Waals surface area contributed by atoms with Crippen LogP contribution in [-0.4, -0.2) is 16.7 Å². The van der Waals surface area contributed by atoms with Gasteiger partial charge in [0.25, 0.3) is 0 Å². The van der Waals surface area contributed by atoms with Gasteiger partial charge in [0.15, 0.2) is 5.78 Å². The molecule has 0 amide bonds. The lowest BCUT2D eigenvalue weighted by Crippen LogP contribution is -2.53. The monoisotopic (exact) mass is 441 g/mol. The molecule has 0 radical (unpaired) electrons. The van der Waals surface area contributed by atoms with E-state index >= 15 is 0 Å². The molecule has 4 aliphatic rings. The number of rotatable bonds is 6. The van der Waals surface area contributed by atoms with E-state index in [1.54, 1.807) is 0 Å². The van der Waals surface area contributed by atoms with Crippen molar-refractivity contribution >= 4 is 11.5 Å². The van der Waals surface area contributed by atoms with Crippen molar-refractivity contribution < 1.29 is 10.0 Å². The molecule has 0 heterocycles. The standard InChI is InChI=1S/C29H47NO2/c1-7-20(18(2)3)9-8-19(4)23-10-11-24-22-17-27(31)26-16-21(30-32)12-14-29(26,6)25(22)13-15-28(23,24)5/h16,18-20,22-25,32H,7-15,17H2,1-6H3/b30-21-/t19-,20?,22+,23-,24+,25+,28-,29-/m1/s1. The largest absolute Gasteiger partial charge is 0.411 e. The Labute approximate surface area is 196 Å². The van der Waals surface area contributed by atoms with E-state index in [9.17, 15) is 10.0 Å². The van der Waals surface area contributed by atoms with Gasteiger partial charge in [-0.3, -0.25) is 4.79 Å². The van der Waals surface area contributed by atoms with Gasteiger partial charge in [0.05, 0.1) is 5.71 Å². The lowest BCUT2D eigenvalue weighted by Gasteiger charge is -2.58. The fourth-order valence-electron chi connectivity index (χ4n) is 9.14. The Kier molecular flexibility index (Phi) is 6.69. The zero-order chi connectivity index (χ0) is 23.3. The van der Waals surface area contributed by atoms with Gasteiger partial charge in [0, 0.05) is 12.0 Å². The zero-order valence-corrected chi connectivity index (χ0v) is 21.5. The van der Waals surface area contributed by atoms with E-state index in [1.807, 2.05) is 6.08 Å². The molecule has 3 fully saturated rings. The number of nitrogens with zero attached hydrogens (tertiary/aromatic N) is 1. The molecule has 0 spiro atoms. The highest BCUT2D eigenvalue weighted by molar-refractivity contribution is 6.07. The van der Waals surface area contributed by atoms with Crippen molar-refractivity contribution in [3.05, 3.63) is 11.6 Å². The molecule has 180 valence electrons. The summed E-state index contributed by atoms with van der Waals surface area (Å²) in [5, 5.41) is 12.7. The fourth-order valence-corrected chi connectivity index (χ4v) is 9.14. The van der Waals surface area contributed by atoms with Gasteiger partial charge in [0.1, 0.15) is 0 Å². The molecule has 0 aliphatic heterocycles. The summed E-state index contributed by atoms with van der Waals surface area (Å²) in [5.74, 6) is 5.45. The van der Waals surface area contributed by atoms with Gasteiger partial charge in [-0.1, -0.05) is 59.5 Å². The smallest absolute Gasteiger partial charge is 0.159 e. The molecule has 0 aromatic heterocycles. The highest BCUT2D eigenvalue weighted by Crippen LogP contribution is 2.67. The van der Waals surface area contributed by atoms with E-state index in [-0.39, 0.29) is 5.41 Å². The average molecular weight is 442 g/mol. The number of ketones is 1. The Morgan fingerprint density at radius 3 is 2.50 bits per heavy atom. The van der Waals surface area contributed by atoms with Crippen LogP contribution < -0.4 is 0 Å². The van der Waals surface area contributed by atoms with Crippen LogP contribution in [0.25, 0.3) is 0 Å². The van der Waals surface area contributed by atoms with Crippen LogP contribution in [0.4, 0.5) is 0 Å². The molecule has 0 aromatic carbocycles. The van der Waals surface area contributed by atoms with Crippen molar-refractivity contribution in [1.82, 2.24) is 0 Å². The molecular weight excluding hydrogens is 394 g/mol. The predicted molar refractivity (Wildman–Crippen MR) is 132 cm³/mol. The summed E-state index contributed by atoms with van der Waals surface area (Å²) in [7, 11) is 0. The molecule has 0 aromatic rings. The highest BCUT2D eigenvalue weighted by Gasteiger charge is 2.60. The van der Waals surface area contributed by atoms with Crippen molar-refractivity contribution in [2.75, 3.05) is 0 Å². The minimum atomic E-state index is -0.0230. The van der Waals surface area contributed by atoms with E-state index in [1.165, 1.54) is 44.9 Å². The minimum Gasteiger partial charge on any atom is -0.411 e. The first-order chi connectivity index (χ1) is 15.2. The third kappa shape index (κ3) is 3.80. The van der Waals surface area contributed by atoms with Crippen LogP contribution in [0.5, 0.6) is 0 Å². The van der Waals surface area contributed by atoms with Crippen molar-refractivity contribution in [2.24, 2.45) is 57.4 Å². The van der Waals surface area contributed by atoms with Crippen molar-refractivity contribution in [3.8, 4) is 0 Å². The number of fused-ring (bicyclic) bond motifs is 5. The van der Waals surface area contributed by atoms with E-state index < -0.39 is 0 Å². The SMILES string of the molecule is CCC(CC[C@@H](C)[C@H]1CC[C@H]2[C@@H]3CC(=O)C4=C/C(=N\O)CC[C@]4(C)[C@H]3CC[C@]12C)C(C)C. The maximum Gasteiger partial charge on any atom is 0.159 e. The third-order valence-corrected chi connectivity index (χ3v) is 11.2. The summed E-state index contributed by atoms with van der Waals surface area (Å²) in [5.41, 5.74) is 2.03. The summed E-state index contributed by atoms with van der Waals surface area (Å²) < 4.78 is 0. The second-order valence-corrected chi connectivity index (χ2v) is 12.8. The number of carbonyl (C=O) groups excluding carboxylic acids is 1. The summed E-state index contributed by atoms with van der Waals surface area (Å²) in [4.78, 5) is 13.3. The van der Waals surface area contributed by atoms with Gasteiger partial charge in [0.2, 0.25) is 0 Å². The van der Waals surface area contributed by atoms with Gasteiger partial charge in [-0.25, -0.2) is 0 Å². The number of oxime groups is 1. The van der Waals surface area contributed by atoms with Crippen LogP contribution >= 0.6 is 0 Å². The molecule has 3 saturated carbocycles. The molecule has 4 rings (SSSR count). The van der Waals surface area contributed by atoms with E-state index in [2.05, 4.69) is 46.7 Å². The molecule has 0 bridgehead atoms. The maximum atomic E-state index is 13.3. The van der Waals surface area contributed by atoms with Gasteiger partial charge >= 0.3 is 0 Å². The van der Waals surface area contributed by atoms with Crippen LogP contribution in [0.1, 0.15) is 106 Å². The van der Waals surface area contributed by atoms with E-state index in [0.29, 0.717) is 34.7 Å². The normalized spacial score (nSPS) is 42.3. The molecule has 1 N–H and O–H groups in total. The fraction of sp³-hybridized carbons (Fsp3) is 0.862. The lowest BCUT2D eigenvalue weighted by atomic mass is 9.46. The molecule has 1 unspecified atom stereocenters. The number of allylic oxidation sites excluding steroid dienone is 2. The Balaban J connectivity index is 1.52. The summed E-state index contributed by atoms with van der Waals surface area (Å²) in [6.07, 6.45) is 13.7. The topological polar surface area (TPSA) is 49.7 Å². The van der Waals surface area contributed by atoms with E-state index in [0.717, 1.165) is 48.5 Å². The molecule has 3 heteroatoms. The maximum absolute atomic E-state index is 13.3. The number of hydrogen-bond acceptors (Lipinski definition) is 3. The minimum absolute atomic E-state index is 0.0230. The molecule has 3 nitrogen and oxygen atoms in total. The third-order valence-electron chi connectivity index (χ3n) is 11.2. The van der Waals surface area contributed by atoms with Crippen LogP contribution in [0.15, 0.2) is 16.8 Å². The van der Waals surface area contributed by atoms with Crippen molar-refractivity contribution in [1.29, 1.82) is 0 Å². The molecule has 0 saturated heterocycles. The molecule has 4 aliphatic carbocycles. The number of hydrogen-bond donors (Lipinski definition) is 1. The molecule has 32 heavy (non-hydrogen) atoms. The Morgan fingerprint density at radius 2 is 1.84 bits per heavy atom. The first kappa shape index (κ1) is 24.0. The lowest BCUT2D eigenvalue weighted by molar-refractivity contribution is -0.128. The first-order valence-electron chi connectivity index (χ1n) is 13.6. The van der Waals surface area contributed by atoms with Gasteiger partial charge in [-0.15, -0.1) is 0 Å². The zero-order valence-electron chi connectivity index (χ0n) is 21.5. The van der Waals surface area contributed by atoms with E-state index in [4.69, 9.17) is 0 Å². The quantitative estimate of drug-likeness (QED) is 0.339. The second kappa shape index (κ2) is 8.91. The first-order valence-corrected chi connectivity index (χ1v) is 13.6. The predicted octanol–water partition coefficient (Wildman–Crippen LogP) is 7.67. The van der Waals surface area contributed by atoms with Crippen LogP contribution in [-0.2, 0) is 4.79 Å². The van der Waals surface area contributed by atoms with Gasteiger partial charge in [-0.05, 0) is 103 Å². The summed E-state index contributed by atoms with van der Waals surface area (Å²) in [6.45, 7) is 14.6.